The molecule has 0 spiro atoms. The molecule has 2 aromatic rings. The van der Waals surface area contributed by atoms with Crippen LogP contribution in [0.3, 0.4) is 0 Å². The highest BCUT2D eigenvalue weighted by Crippen LogP contribution is 2.22. The molecule has 2 heterocycles. The number of halogens is 1. The van der Waals surface area contributed by atoms with Crippen LogP contribution in [0.1, 0.15) is 16.8 Å². The molecule has 0 aliphatic heterocycles. The van der Waals surface area contributed by atoms with Gasteiger partial charge in [-0.25, -0.2) is 14.4 Å². The van der Waals surface area contributed by atoms with Crippen molar-refractivity contribution in [2.24, 2.45) is 0 Å². The summed E-state index contributed by atoms with van der Waals surface area (Å²) in [6.45, 7) is 5.53. The largest absolute Gasteiger partial charge is 0.371 e. The Bertz CT molecular complexity index is 596. The minimum Gasteiger partial charge on any atom is -0.371 e. The number of hydrogen-bond acceptors (Lipinski definition) is 4. The van der Waals surface area contributed by atoms with Gasteiger partial charge in [-0.1, -0.05) is 6.07 Å². The van der Waals surface area contributed by atoms with E-state index >= 15 is 0 Å². The van der Waals surface area contributed by atoms with Gasteiger partial charge in [0.25, 0.3) is 0 Å². The quantitative estimate of drug-likeness (QED) is 0.885. The van der Waals surface area contributed by atoms with Gasteiger partial charge in [-0.3, -0.25) is 4.98 Å². The third kappa shape index (κ3) is 2.16. The normalized spacial score (nSPS) is 10.5. The second-order valence-corrected chi connectivity index (χ2v) is 4.22. The topological polar surface area (TPSA) is 50.7 Å². The van der Waals surface area contributed by atoms with Gasteiger partial charge in [-0.15, -0.1) is 0 Å². The number of nitrogens with zero attached hydrogens (tertiary/aromatic N) is 3. The summed E-state index contributed by atoms with van der Waals surface area (Å²) in [5, 5.41) is 2.72. The molecule has 2 aromatic heterocycles. The molecule has 0 aliphatic rings. The maximum atomic E-state index is 13.7. The smallest absolute Gasteiger partial charge is 0.186 e. The first-order valence-electron chi connectivity index (χ1n) is 5.68. The molecule has 1 N–H and O–H groups in total. The lowest BCUT2D eigenvalue weighted by Gasteiger charge is -2.09. The third-order valence-corrected chi connectivity index (χ3v) is 2.68. The first kappa shape index (κ1) is 12.4. The zero-order valence-electron chi connectivity index (χ0n) is 10.9. The van der Waals surface area contributed by atoms with Crippen LogP contribution in [0.2, 0.25) is 0 Å². The van der Waals surface area contributed by atoms with Crippen molar-refractivity contribution in [2.45, 2.75) is 20.8 Å². The highest BCUT2D eigenvalue weighted by Gasteiger charge is 2.13. The number of rotatable bonds is 2. The Balaban J connectivity index is 2.60. The number of hydrogen-bond donors (Lipinski definition) is 1. The maximum absolute atomic E-state index is 13.7. The van der Waals surface area contributed by atoms with Crippen LogP contribution in [0.25, 0.3) is 11.5 Å². The Labute approximate surface area is 105 Å². The van der Waals surface area contributed by atoms with E-state index in [2.05, 4.69) is 20.3 Å². The van der Waals surface area contributed by atoms with E-state index in [0.29, 0.717) is 17.2 Å². The number of anilines is 1. The lowest BCUT2D eigenvalue weighted by molar-refractivity contribution is 0.607. The van der Waals surface area contributed by atoms with Crippen molar-refractivity contribution in [1.82, 2.24) is 15.0 Å². The highest BCUT2D eigenvalue weighted by molar-refractivity contribution is 5.57. The van der Waals surface area contributed by atoms with Gasteiger partial charge >= 0.3 is 0 Å². The Morgan fingerprint density at radius 1 is 1.17 bits per heavy atom. The van der Waals surface area contributed by atoms with E-state index < -0.39 is 5.82 Å². The molecule has 0 unspecified atom stereocenters. The van der Waals surface area contributed by atoms with E-state index in [1.54, 1.807) is 20.2 Å². The molecular formula is C13H15FN4. The van der Waals surface area contributed by atoms with Crippen LogP contribution in [0.4, 0.5) is 10.2 Å². The maximum Gasteiger partial charge on any atom is 0.186 e. The number of nitrogens with one attached hydrogen (secondary N) is 1. The Kier molecular flexibility index (Phi) is 3.23. The number of aryl methyl sites for hydroxylation is 3. The van der Waals surface area contributed by atoms with Crippen molar-refractivity contribution in [2.75, 3.05) is 12.4 Å². The highest BCUT2D eigenvalue weighted by atomic mass is 19.1. The van der Waals surface area contributed by atoms with Crippen LogP contribution in [0, 0.1) is 26.6 Å². The predicted octanol–water partition coefficient (Wildman–Crippen LogP) is 2.64. The minimum atomic E-state index is -0.425. The molecule has 2 rings (SSSR count). The molecule has 5 heteroatoms. The second-order valence-electron chi connectivity index (χ2n) is 4.22. The summed E-state index contributed by atoms with van der Waals surface area (Å²) < 4.78 is 13.7. The number of pyridine rings is 1. The van der Waals surface area contributed by atoms with Gasteiger partial charge in [0.05, 0.1) is 5.69 Å². The molecule has 0 bridgehead atoms. The van der Waals surface area contributed by atoms with Crippen LogP contribution in [0.5, 0.6) is 0 Å². The molecule has 0 amide bonds. The Morgan fingerprint density at radius 3 is 2.50 bits per heavy atom. The van der Waals surface area contributed by atoms with E-state index in [4.69, 9.17) is 0 Å². The van der Waals surface area contributed by atoms with Gasteiger partial charge in [0.2, 0.25) is 0 Å². The monoisotopic (exact) mass is 246 g/mol. The lowest BCUT2D eigenvalue weighted by Crippen LogP contribution is -2.05. The fourth-order valence-electron chi connectivity index (χ4n) is 1.78. The van der Waals surface area contributed by atoms with Gasteiger partial charge < -0.3 is 5.32 Å². The fourth-order valence-corrected chi connectivity index (χ4v) is 1.78. The van der Waals surface area contributed by atoms with Gasteiger partial charge in [-0.2, -0.15) is 0 Å². The molecule has 0 fully saturated rings. The van der Waals surface area contributed by atoms with E-state index in [1.165, 1.54) is 0 Å². The van der Waals surface area contributed by atoms with Crippen LogP contribution >= 0.6 is 0 Å². The standard InChI is InChI=1S/C13H15FN4/c1-7-5-8(2)11(16-6-7)13-17-9(3)10(14)12(15-4)18-13/h5-6H,1-4H3,(H,15,17,18). The fraction of sp³-hybridized carbons (Fsp3) is 0.308. The summed E-state index contributed by atoms with van der Waals surface area (Å²) in [5.41, 5.74) is 3.04. The second kappa shape index (κ2) is 4.68. The van der Waals surface area contributed by atoms with Crippen molar-refractivity contribution in [3.8, 4) is 11.5 Å². The molecule has 0 aromatic carbocycles. The first-order chi connectivity index (χ1) is 8.52. The molecule has 94 valence electrons. The molecule has 0 radical (unpaired) electrons. The van der Waals surface area contributed by atoms with Crippen LogP contribution in [-0.2, 0) is 0 Å². The van der Waals surface area contributed by atoms with E-state index in [1.807, 2.05) is 19.9 Å². The third-order valence-electron chi connectivity index (χ3n) is 2.68. The molecule has 0 atom stereocenters. The summed E-state index contributed by atoms with van der Waals surface area (Å²) >= 11 is 0. The van der Waals surface area contributed by atoms with Crippen LogP contribution in [-0.4, -0.2) is 22.0 Å². The average Bonchev–Trinajstić information content (AvgIpc) is 2.32. The van der Waals surface area contributed by atoms with E-state index in [-0.39, 0.29) is 5.82 Å². The van der Waals surface area contributed by atoms with Crippen LogP contribution in [0.15, 0.2) is 12.3 Å². The molecule has 4 nitrogen and oxygen atoms in total. The van der Waals surface area contributed by atoms with Gasteiger partial charge in [-0.05, 0) is 31.9 Å². The van der Waals surface area contributed by atoms with Crippen molar-refractivity contribution in [3.05, 3.63) is 34.9 Å². The van der Waals surface area contributed by atoms with Crippen molar-refractivity contribution in [3.63, 3.8) is 0 Å². The van der Waals surface area contributed by atoms with E-state index in [9.17, 15) is 4.39 Å². The summed E-state index contributed by atoms with van der Waals surface area (Å²) in [4.78, 5) is 12.6. The van der Waals surface area contributed by atoms with Gasteiger partial charge in [0.1, 0.15) is 5.69 Å². The molecule has 0 saturated carbocycles. The zero-order chi connectivity index (χ0) is 13.3. The predicted molar refractivity (Wildman–Crippen MR) is 69.0 cm³/mol. The van der Waals surface area contributed by atoms with Crippen molar-refractivity contribution in [1.29, 1.82) is 0 Å². The van der Waals surface area contributed by atoms with Crippen LogP contribution < -0.4 is 5.32 Å². The first-order valence-corrected chi connectivity index (χ1v) is 5.68. The SMILES string of the molecule is CNc1nc(-c2ncc(C)cc2C)nc(C)c1F. The molecular weight excluding hydrogens is 231 g/mol. The molecule has 0 aliphatic carbocycles. The van der Waals surface area contributed by atoms with Gasteiger partial charge in [0.15, 0.2) is 17.5 Å². The lowest BCUT2D eigenvalue weighted by atomic mass is 10.1. The number of aromatic nitrogens is 3. The summed E-state index contributed by atoms with van der Waals surface area (Å²) in [6.07, 6.45) is 1.75. The molecule has 0 saturated heterocycles. The zero-order valence-corrected chi connectivity index (χ0v) is 10.9. The Morgan fingerprint density at radius 2 is 1.89 bits per heavy atom. The minimum absolute atomic E-state index is 0.194. The summed E-state index contributed by atoms with van der Waals surface area (Å²) in [5.74, 6) is 0.209. The average molecular weight is 246 g/mol. The molecule has 18 heavy (non-hydrogen) atoms. The Hall–Kier alpha value is -2.04. The van der Waals surface area contributed by atoms with Gasteiger partial charge in [0, 0.05) is 13.2 Å². The summed E-state index contributed by atoms with van der Waals surface area (Å²) in [7, 11) is 1.63. The van der Waals surface area contributed by atoms with Crippen molar-refractivity contribution >= 4 is 5.82 Å². The van der Waals surface area contributed by atoms with Crippen molar-refractivity contribution < 1.29 is 4.39 Å². The van der Waals surface area contributed by atoms with E-state index in [0.717, 1.165) is 11.1 Å². The summed E-state index contributed by atoms with van der Waals surface area (Å²) in [6, 6.07) is 2.00.